The first-order valence-electron chi connectivity index (χ1n) is 12.6. The van der Waals surface area contributed by atoms with Gasteiger partial charge in [-0.3, -0.25) is 9.69 Å². The molecule has 3 atom stereocenters. The van der Waals surface area contributed by atoms with Crippen molar-refractivity contribution in [3.05, 3.63) is 59.7 Å². The van der Waals surface area contributed by atoms with Crippen LogP contribution in [-0.4, -0.2) is 47.8 Å². The lowest BCUT2D eigenvalue weighted by molar-refractivity contribution is -0.147. The monoisotopic (exact) mass is 462 g/mol. The molecule has 2 N–H and O–H groups in total. The zero-order valence-corrected chi connectivity index (χ0v) is 19.8. The van der Waals surface area contributed by atoms with E-state index in [1.165, 1.54) is 0 Å². The normalized spacial score (nSPS) is 34.1. The minimum Gasteiger partial charge on any atom is -0.496 e. The van der Waals surface area contributed by atoms with Crippen LogP contribution in [-0.2, 0) is 11.3 Å². The van der Waals surface area contributed by atoms with Crippen molar-refractivity contribution in [3.8, 4) is 11.5 Å². The second-order valence-electron chi connectivity index (χ2n) is 10.9. The molecule has 4 fully saturated rings. The Balaban J connectivity index is 1.19. The smallest absolute Gasteiger partial charge is 0.234 e. The summed E-state index contributed by atoms with van der Waals surface area (Å²) in [5.74, 6) is 3.18. The first kappa shape index (κ1) is 21.9. The van der Waals surface area contributed by atoms with Crippen molar-refractivity contribution in [2.45, 2.75) is 56.4 Å². The van der Waals surface area contributed by atoms with Crippen molar-refractivity contribution >= 4 is 5.91 Å². The molecule has 2 aromatic carbocycles. The number of benzene rings is 2. The van der Waals surface area contributed by atoms with Crippen LogP contribution < -0.4 is 14.8 Å². The van der Waals surface area contributed by atoms with Gasteiger partial charge in [0.2, 0.25) is 5.91 Å². The highest BCUT2D eigenvalue weighted by atomic mass is 16.5. The predicted molar refractivity (Wildman–Crippen MR) is 129 cm³/mol. The zero-order valence-electron chi connectivity index (χ0n) is 19.8. The first-order valence-corrected chi connectivity index (χ1v) is 12.6. The number of para-hydroxylation sites is 2. The third-order valence-electron chi connectivity index (χ3n) is 8.48. The second-order valence-corrected chi connectivity index (χ2v) is 10.9. The van der Waals surface area contributed by atoms with Gasteiger partial charge in [-0.05, 0) is 62.0 Å². The van der Waals surface area contributed by atoms with Crippen molar-refractivity contribution < 1.29 is 19.4 Å². The van der Waals surface area contributed by atoms with E-state index in [0.717, 1.165) is 54.7 Å². The zero-order chi connectivity index (χ0) is 23.3. The Bertz CT molecular complexity index is 1060. The molecule has 0 saturated heterocycles. The van der Waals surface area contributed by atoms with Gasteiger partial charge in [0.15, 0.2) is 0 Å². The van der Waals surface area contributed by atoms with Crippen LogP contribution in [0, 0.1) is 17.8 Å². The molecule has 6 heteroatoms. The van der Waals surface area contributed by atoms with Crippen LogP contribution in [0.15, 0.2) is 48.5 Å². The summed E-state index contributed by atoms with van der Waals surface area (Å²) in [7, 11) is 1.68. The summed E-state index contributed by atoms with van der Waals surface area (Å²) in [6.07, 6.45) is 4.69. The quantitative estimate of drug-likeness (QED) is 0.709. The minimum atomic E-state index is -0.481. The van der Waals surface area contributed by atoms with E-state index >= 15 is 0 Å². The number of hydrogen-bond donors (Lipinski definition) is 2. The number of methoxy groups -OCH3 is 1. The van der Waals surface area contributed by atoms with Gasteiger partial charge in [0, 0.05) is 30.3 Å². The largest absolute Gasteiger partial charge is 0.496 e. The Kier molecular flexibility index (Phi) is 5.53. The fourth-order valence-corrected chi connectivity index (χ4v) is 7.35. The summed E-state index contributed by atoms with van der Waals surface area (Å²) in [5.41, 5.74) is 1.59. The minimum absolute atomic E-state index is 0.0719. The fourth-order valence-electron chi connectivity index (χ4n) is 7.35. The number of hydrogen-bond acceptors (Lipinski definition) is 5. The number of carbonyl (C=O) groups excluding carboxylic acids is 1. The molecule has 5 aliphatic rings. The van der Waals surface area contributed by atoms with Crippen molar-refractivity contribution in [2.75, 3.05) is 20.2 Å². The van der Waals surface area contributed by atoms with Crippen molar-refractivity contribution in [2.24, 2.45) is 17.8 Å². The van der Waals surface area contributed by atoms with Crippen LogP contribution >= 0.6 is 0 Å². The van der Waals surface area contributed by atoms with Gasteiger partial charge in [-0.1, -0.05) is 36.4 Å². The number of fused-ring (bicyclic) bond motifs is 1. The van der Waals surface area contributed by atoms with E-state index < -0.39 is 5.60 Å². The van der Waals surface area contributed by atoms with Crippen LogP contribution in [0.5, 0.6) is 11.5 Å². The number of rotatable bonds is 5. The maximum Gasteiger partial charge on any atom is 0.234 e. The maximum atomic E-state index is 13.3. The van der Waals surface area contributed by atoms with Gasteiger partial charge in [0.05, 0.1) is 19.3 Å². The van der Waals surface area contributed by atoms with Gasteiger partial charge < -0.3 is 19.9 Å². The third kappa shape index (κ3) is 4.07. The molecule has 6 nitrogen and oxygen atoms in total. The van der Waals surface area contributed by atoms with Crippen molar-refractivity contribution in [1.82, 2.24) is 10.2 Å². The summed E-state index contributed by atoms with van der Waals surface area (Å²) < 4.78 is 12.1. The number of ether oxygens (including phenoxy) is 2. The average Bonchev–Trinajstić information content (AvgIpc) is 2.99. The number of nitrogens with one attached hydrogen (secondary N) is 1. The van der Waals surface area contributed by atoms with Gasteiger partial charge in [-0.25, -0.2) is 0 Å². The lowest BCUT2D eigenvalue weighted by Crippen LogP contribution is -2.62. The molecule has 1 aliphatic heterocycles. The fraction of sp³-hybridized carbons (Fsp3) is 0.536. The summed E-state index contributed by atoms with van der Waals surface area (Å²) in [6.45, 7) is 1.59. The highest BCUT2D eigenvalue weighted by Gasteiger charge is 2.55. The molecule has 4 bridgehead atoms. The van der Waals surface area contributed by atoms with E-state index in [4.69, 9.17) is 9.47 Å². The molecule has 1 heterocycles. The molecule has 4 saturated carbocycles. The topological polar surface area (TPSA) is 71.0 Å². The Morgan fingerprint density at radius 3 is 2.62 bits per heavy atom. The van der Waals surface area contributed by atoms with Crippen molar-refractivity contribution in [3.63, 3.8) is 0 Å². The lowest BCUT2D eigenvalue weighted by atomic mass is 9.52. The maximum absolute atomic E-state index is 13.3. The number of aliphatic hydroxyl groups is 1. The Morgan fingerprint density at radius 1 is 1.12 bits per heavy atom. The van der Waals surface area contributed by atoms with Crippen LogP contribution in [0.2, 0.25) is 0 Å². The Morgan fingerprint density at radius 2 is 1.85 bits per heavy atom. The molecule has 7 rings (SSSR count). The first-order chi connectivity index (χ1) is 16.5. The number of carbonyl (C=O) groups is 1. The van der Waals surface area contributed by atoms with Crippen LogP contribution in [0.1, 0.15) is 49.3 Å². The molecule has 34 heavy (non-hydrogen) atoms. The summed E-state index contributed by atoms with van der Waals surface area (Å²) in [5, 5.41) is 14.3. The van der Waals surface area contributed by atoms with Crippen LogP contribution in [0.25, 0.3) is 0 Å². The predicted octanol–water partition coefficient (Wildman–Crippen LogP) is 3.69. The number of amides is 1. The molecule has 2 aromatic rings. The average molecular weight is 463 g/mol. The van der Waals surface area contributed by atoms with Gasteiger partial charge in [-0.15, -0.1) is 0 Å². The summed E-state index contributed by atoms with van der Waals surface area (Å²) in [4.78, 5) is 15.5. The van der Waals surface area contributed by atoms with Crippen LogP contribution in [0.4, 0.5) is 0 Å². The van der Waals surface area contributed by atoms with E-state index in [-0.39, 0.29) is 18.1 Å². The van der Waals surface area contributed by atoms with E-state index in [2.05, 4.69) is 16.3 Å². The standard InChI is InChI=1S/C28H34N2O4/c1-33-24-9-5-3-7-22(24)25-16-30(15-19-6-2-4-8-23(19)34-25)17-26(31)29-27-20-10-18-11-21(27)14-28(32,12-18)13-20/h2-9,18,20-21,25,27,32H,10-17H2,1H3,(H,29,31)/t18?,20-,21-,25+,27?,28?/m1/s1. The van der Waals surface area contributed by atoms with E-state index in [1.54, 1.807) is 7.11 Å². The molecule has 0 unspecified atom stereocenters. The highest BCUT2D eigenvalue weighted by molar-refractivity contribution is 5.78. The Labute approximate surface area is 201 Å². The Hall–Kier alpha value is -2.57. The highest BCUT2D eigenvalue weighted by Crippen LogP contribution is 2.55. The molecular weight excluding hydrogens is 428 g/mol. The summed E-state index contributed by atoms with van der Waals surface area (Å²) >= 11 is 0. The molecule has 0 spiro atoms. The molecule has 180 valence electrons. The van der Waals surface area contributed by atoms with Crippen LogP contribution in [0.3, 0.4) is 0 Å². The molecule has 0 aromatic heterocycles. The van der Waals surface area contributed by atoms with Gasteiger partial charge in [0.25, 0.3) is 0 Å². The second kappa shape index (κ2) is 8.58. The molecular formula is C28H34N2O4. The van der Waals surface area contributed by atoms with Gasteiger partial charge >= 0.3 is 0 Å². The molecule has 1 amide bonds. The van der Waals surface area contributed by atoms with E-state index in [9.17, 15) is 9.90 Å². The number of nitrogens with zero attached hydrogens (tertiary/aromatic N) is 1. The third-order valence-corrected chi connectivity index (χ3v) is 8.48. The lowest BCUT2D eigenvalue weighted by Gasteiger charge is -2.58. The molecule has 0 radical (unpaired) electrons. The van der Waals surface area contributed by atoms with E-state index in [1.807, 2.05) is 42.5 Å². The SMILES string of the molecule is COc1ccccc1[C@@H]1CN(CC(=O)NC2[C@@H]3CC4C[C@@H]2CC(O)(C4)C3)Cc2ccccc2O1. The van der Waals surface area contributed by atoms with Gasteiger partial charge in [-0.2, -0.15) is 0 Å². The van der Waals surface area contributed by atoms with Crippen molar-refractivity contribution in [1.29, 1.82) is 0 Å². The van der Waals surface area contributed by atoms with Gasteiger partial charge in [0.1, 0.15) is 17.6 Å². The van der Waals surface area contributed by atoms with E-state index in [0.29, 0.717) is 37.4 Å². The molecule has 4 aliphatic carbocycles. The summed E-state index contributed by atoms with van der Waals surface area (Å²) in [6, 6.07) is 16.2.